The maximum absolute atomic E-state index is 12.6. The van der Waals surface area contributed by atoms with Gasteiger partial charge in [-0.05, 0) is 71.1 Å². The van der Waals surface area contributed by atoms with Crippen LogP contribution in [-0.4, -0.2) is 50.3 Å². The number of carboxylic acids is 1. The first-order valence-corrected chi connectivity index (χ1v) is 10.2. The first-order valence-electron chi connectivity index (χ1n) is 10.2. The zero-order valence-electron chi connectivity index (χ0n) is 17.9. The predicted octanol–water partition coefficient (Wildman–Crippen LogP) is 4.32. The molecule has 1 fully saturated rings. The number of carbonyl (C=O) groups is 2. The molecule has 2 heterocycles. The van der Waals surface area contributed by atoms with Crippen LogP contribution in [0.1, 0.15) is 57.5 Å². The third-order valence-corrected chi connectivity index (χ3v) is 5.43. The minimum Gasteiger partial charge on any atom is -0.481 e. The van der Waals surface area contributed by atoms with Crippen LogP contribution < -0.4 is 0 Å². The summed E-state index contributed by atoms with van der Waals surface area (Å²) in [6.07, 6.45) is 0.987. The highest BCUT2D eigenvalue weighted by atomic mass is 16.6. The molecule has 2 unspecified atom stereocenters. The van der Waals surface area contributed by atoms with E-state index in [1.54, 1.807) is 4.90 Å². The number of rotatable bonds is 4. The molecule has 1 amide bonds. The first-order chi connectivity index (χ1) is 13.5. The molecule has 0 radical (unpaired) electrons. The van der Waals surface area contributed by atoms with Gasteiger partial charge in [-0.3, -0.25) is 4.79 Å². The minimum atomic E-state index is -0.819. The van der Waals surface area contributed by atoms with Crippen LogP contribution in [0.3, 0.4) is 0 Å². The van der Waals surface area contributed by atoms with Crippen molar-refractivity contribution >= 4 is 23.1 Å². The van der Waals surface area contributed by atoms with E-state index in [1.165, 1.54) is 0 Å². The Hall–Kier alpha value is -2.57. The van der Waals surface area contributed by atoms with Gasteiger partial charge in [0, 0.05) is 25.6 Å². The number of benzene rings is 1. The number of imidazole rings is 1. The molecular formula is C22H31N3O4. The van der Waals surface area contributed by atoms with Gasteiger partial charge < -0.3 is 19.3 Å². The van der Waals surface area contributed by atoms with Gasteiger partial charge in [0.25, 0.3) is 0 Å². The Morgan fingerprint density at radius 2 is 2.00 bits per heavy atom. The molecule has 29 heavy (non-hydrogen) atoms. The molecule has 3 rings (SSSR count). The van der Waals surface area contributed by atoms with E-state index < -0.39 is 11.6 Å². The van der Waals surface area contributed by atoms with Crippen LogP contribution in [0.2, 0.25) is 0 Å². The molecule has 7 nitrogen and oxygen atoms in total. The highest BCUT2D eigenvalue weighted by Crippen LogP contribution is 2.36. The number of fused-ring (bicyclic) bond motifs is 1. The number of likely N-dealkylation sites (tertiary alicyclic amines) is 1. The number of hydrogen-bond donors (Lipinski definition) is 1. The van der Waals surface area contributed by atoms with Crippen LogP contribution in [0.4, 0.5) is 4.79 Å². The fraction of sp³-hybridized carbons (Fsp3) is 0.591. The highest BCUT2D eigenvalue weighted by molar-refractivity contribution is 5.77. The number of carboxylic acid groups (broad SMARTS) is 1. The van der Waals surface area contributed by atoms with Crippen molar-refractivity contribution in [3.05, 3.63) is 29.6 Å². The molecule has 1 N–H and O–H groups in total. The molecule has 0 spiro atoms. The number of aromatic nitrogens is 2. The predicted molar refractivity (Wildman–Crippen MR) is 111 cm³/mol. The molecule has 2 aromatic rings. The van der Waals surface area contributed by atoms with Gasteiger partial charge in [0.2, 0.25) is 0 Å². The quantitative estimate of drug-likeness (QED) is 0.825. The second-order valence-corrected chi connectivity index (χ2v) is 9.00. The highest BCUT2D eigenvalue weighted by Gasteiger charge is 2.35. The molecule has 1 aromatic carbocycles. The fourth-order valence-electron chi connectivity index (χ4n) is 4.19. The number of piperidine rings is 1. The lowest BCUT2D eigenvalue weighted by molar-refractivity contribution is -0.137. The largest absolute Gasteiger partial charge is 0.481 e. The van der Waals surface area contributed by atoms with E-state index >= 15 is 0 Å². The number of nitrogens with zero attached hydrogens (tertiary/aromatic N) is 3. The molecule has 1 saturated heterocycles. The van der Waals surface area contributed by atoms with Crippen molar-refractivity contribution in [2.75, 3.05) is 13.1 Å². The summed E-state index contributed by atoms with van der Waals surface area (Å²) in [5.41, 5.74) is 2.61. The van der Waals surface area contributed by atoms with E-state index in [1.807, 2.05) is 34.6 Å². The fourth-order valence-corrected chi connectivity index (χ4v) is 4.19. The summed E-state index contributed by atoms with van der Waals surface area (Å²) in [6.45, 7) is 10.6. The summed E-state index contributed by atoms with van der Waals surface area (Å²) in [6, 6.07) is 6.32. The monoisotopic (exact) mass is 401 g/mol. The Balaban J connectivity index is 1.89. The van der Waals surface area contributed by atoms with Gasteiger partial charge in [0.05, 0.1) is 11.0 Å². The third-order valence-electron chi connectivity index (χ3n) is 5.43. The van der Waals surface area contributed by atoms with Crippen LogP contribution in [0.5, 0.6) is 0 Å². The van der Waals surface area contributed by atoms with Crippen molar-refractivity contribution in [1.82, 2.24) is 14.5 Å². The van der Waals surface area contributed by atoms with Crippen LogP contribution in [-0.2, 0) is 9.53 Å². The molecule has 0 aliphatic carbocycles. The summed E-state index contributed by atoms with van der Waals surface area (Å²) in [7, 11) is 0. The Bertz CT molecular complexity index is 913. The van der Waals surface area contributed by atoms with E-state index in [-0.39, 0.29) is 24.5 Å². The van der Waals surface area contributed by atoms with E-state index in [2.05, 4.69) is 22.8 Å². The molecule has 1 aliphatic heterocycles. The van der Waals surface area contributed by atoms with E-state index in [4.69, 9.17) is 9.72 Å². The molecule has 0 bridgehead atoms. The Labute approximate surface area is 171 Å². The first kappa shape index (κ1) is 21.1. The third kappa shape index (κ3) is 4.89. The normalized spacial score (nSPS) is 20.1. The van der Waals surface area contributed by atoms with Crippen LogP contribution in [0.15, 0.2) is 18.2 Å². The number of aliphatic carboxylic acids is 1. The van der Waals surface area contributed by atoms with Crippen molar-refractivity contribution in [3.63, 3.8) is 0 Å². The van der Waals surface area contributed by atoms with E-state index in [9.17, 15) is 14.7 Å². The van der Waals surface area contributed by atoms with Gasteiger partial charge in [-0.25, -0.2) is 9.78 Å². The lowest BCUT2D eigenvalue weighted by Gasteiger charge is -2.40. The molecule has 2 atom stereocenters. The summed E-state index contributed by atoms with van der Waals surface area (Å²) in [5, 5.41) is 9.22. The maximum Gasteiger partial charge on any atom is 0.410 e. The van der Waals surface area contributed by atoms with Crippen molar-refractivity contribution in [2.45, 2.75) is 65.5 Å². The van der Waals surface area contributed by atoms with Crippen molar-refractivity contribution in [3.8, 4) is 0 Å². The van der Waals surface area contributed by atoms with Crippen LogP contribution in [0.25, 0.3) is 11.0 Å². The van der Waals surface area contributed by atoms with Gasteiger partial charge >= 0.3 is 12.1 Å². The van der Waals surface area contributed by atoms with Gasteiger partial charge in [-0.1, -0.05) is 6.07 Å². The molecule has 1 aromatic heterocycles. The number of amides is 1. The second kappa shape index (κ2) is 8.05. The summed E-state index contributed by atoms with van der Waals surface area (Å²) >= 11 is 0. The Kier molecular flexibility index (Phi) is 5.87. The standard InChI is InChI=1S/C22H31N3O4/c1-14-6-8-19-17(12-14)23-15(2)25(19)18-10-11-24(21(28)29-22(3,4)5)13-16(18)7-9-20(26)27/h6,8,12,16,18H,7,9-11,13H2,1-5H3,(H,26,27). The average molecular weight is 402 g/mol. The van der Waals surface area contributed by atoms with Crippen LogP contribution >= 0.6 is 0 Å². The van der Waals surface area contributed by atoms with Gasteiger partial charge in [-0.15, -0.1) is 0 Å². The van der Waals surface area contributed by atoms with Crippen molar-refractivity contribution < 1.29 is 19.4 Å². The molecule has 1 aliphatic rings. The molecule has 7 heteroatoms. The topological polar surface area (TPSA) is 84.7 Å². The average Bonchev–Trinajstić information content (AvgIpc) is 2.92. The number of aryl methyl sites for hydroxylation is 2. The molecule has 158 valence electrons. The minimum absolute atomic E-state index is 0.0183. The SMILES string of the molecule is Cc1ccc2c(c1)nc(C)n2C1CCN(C(=O)OC(C)(C)C)CC1CCC(=O)O. The summed E-state index contributed by atoms with van der Waals surface area (Å²) < 4.78 is 7.77. The number of carbonyl (C=O) groups excluding carboxylic acids is 1. The lowest BCUT2D eigenvalue weighted by Crippen LogP contribution is -2.46. The van der Waals surface area contributed by atoms with Gasteiger partial charge in [0.1, 0.15) is 11.4 Å². The zero-order valence-corrected chi connectivity index (χ0v) is 17.9. The summed E-state index contributed by atoms with van der Waals surface area (Å²) in [4.78, 5) is 30.2. The van der Waals surface area contributed by atoms with E-state index in [0.717, 1.165) is 28.8 Å². The second-order valence-electron chi connectivity index (χ2n) is 9.00. The van der Waals surface area contributed by atoms with Gasteiger partial charge in [-0.2, -0.15) is 0 Å². The smallest absolute Gasteiger partial charge is 0.410 e. The number of ether oxygens (including phenoxy) is 1. The Morgan fingerprint density at radius 1 is 1.28 bits per heavy atom. The molecular weight excluding hydrogens is 370 g/mol. The summed E-state index contributed by atoms with van der Waals surface area (Å²) in [5.74, 6) is 0.118. The Morgan fingerprint density at radius 3 is 2.66 bits per heavy atom. The maximum atomic E-state index is 12.6. The zero-order chi connectivity index (χ0) is 21.3. The van der Waals surface area contributed by atoms with E-state index in [0.29, 0.717) is 19.5 Å². The van der Waals surface area contributed by atoms with Crippen LogP contribution in [0, 0.1) is 19.8 Å². The lowest BCUT2D eigenvalue weighted by atomic mass is 9.87. The molecule has 0 saturated carbocycles. The van der Waals surface area contributed by atoms with Gasteiger partial charge in [0.15, 0.2) is 0 Å². The van der Waals surface area contributed by atoms with Crippen molar-refractivity contribution in [2.24, 2.45) is 5.92 Å². The number of hydrogen-bond acceptors (Lipinski definition) is 4. The van der Waals surface area contributed by atoms with Crippen molar-refractivity contribution in [1.29, 1.82) is 0 Å².